The SMILES string of the molecule is CCN(Cc1ccccc1NCC(=O)NC(C1CC1)C1CC1)C(C)=O. The lowest BCUT2D eigenvalue weighted by Crippen LogP contribution is -2.41. The molecular formula is C20H29N3O2. The molecule has 0 radical (unpaired) electrons. The smallest absolute Gasteiger partial charge is 0.239 e. The van der Waals surface area contributed by atoms with Crippen LogP contribution in [0.15, 0.2) is 24.3 Å². The summed E-state index contributed by atoms with van der Waals surface area (Å²) in [7, 11) is 0. The van der Waals surface area contributed by atoms with Gasteiger partial charge in [-0.2, -0.15) is 0 Å². The first kappa shape index (κ1) is 17.8. The molecule has 2 saturated carbocycles. The van der Waals surface area contributed by atoms with E-state index in [9.17, 15) is 9.59 Å². The quantitative estimate of drug-likeness (QED) is 0.725. The maximum atomic E-state index is 12.4. The fourth-order valence-electron chi connectivity index (χ4n) is 3.43. The Hall–Kier alpha value is -2.04. The molecule has 0 atom stereocenters. The lowest BCUT2D eigenvalue weighted by molar-refractivity contribution is -0.129. The molecule has 0 heterocycles. The first-order valence-corrected chi connectivity index (χ1v) is 9.45. The molecular weight excluding hydrogens is 314 g/mol. The van der Waals surface area contributed by atoms with Gasteiger partial charge in [0, 0.05) is 31.7 Å². The Balaban J connectivity index is 1.55. The molecule has 0 unspecified atom stereocenters. The highest BCUT2D eigenvalue weighted by Crippen LogP contribution is 2.44. The minimum atomic E-state index is 0.0618. The predicted octanol–water partition coefficient (Wildman–Crippen LogP) is 2.77. The minimum Gasteiger partial charge on any atom is -0.376 e. The van der Waals surface area contributed by atoms with Gasteiger partial charge in [0.1, 0.15) is 0 Å². The van der Waals surface area contributed by atoms with E-state index >= 15 is 0 Å². The molecule has 2 fully saturated rings. The lowest BCUT2D eigenvalue weighted by atomic mass is 10.1. The summed E-state index contributed by atoms with van der Waals surface area (Å²) in [6.45, 7) is 5.07. The van der Waals surface area contributed by atoms with Crippen LogP contribution in [0.5, 0.6) is 0 Å². The van der Waals surface area contributed by atoms with Crippen LogP contribution < -0.4 is 10.6 Å². The van der Waals surface area contributed by atoms with E-state index in [2.05, 4.69) is 10.6 Å². The van der Waals surface area contributed by atoms with Crippen molar-refractivity contribution in [3.05, 3.63) is 29.8 Å². The Labute approximate surface area is 150 Å². The zero-order valence-electron chi connectivity index (χ0n) is 15.3. The van der Waals surface area contributed by atoms with E-state index < -0.39 is 0 Å². The van der Waals surface area contributed by atoms with Crippen molar-refractivity contribution in [2.75, 3.05) is 18.4 Å². The topological polar surface area (TPSA) is 61.4 Å². The number of amides is 2. The van der Waals surface area contributed by atoms with E-state index in [0.717, 1.165) is 11.3 Å². The van der Waals surface area contributed by atoms with Crippen molar-refractivity contribution >= 4 is 17.5 Å². The van der Waals surface area contributed by atoms with Gasteiger partial charge < -0.3 is 15.5 Å². The van der Waals surface area contributed by atoms with Gasteiger partial charge in [-0.05, 0) is 56.1 Å². The maximum absolute atomic E-state index is 12.4. The molecule has 0 saturated heterocycles. The molecule has 5 heteroatoms. The predicted molar refractivity (Wildman–Crippen MR) is 99.1 cm³/mol. The number of nitrogens with one attached hydrogen (secondary N) is 2. The molecule has 5 nitrogen and oxygen atoms in total. The van der Waals surface area contributed by atoms with Crippen molar-refractivity contribution in [3.63, 3.8) is 0 Å². The highest BCUT2D eigenvalue weighted by Gasteiger charge is 2.42. The summed E-state index contributed by atoms with van der Waals surface area (Å²) >= 11 is 0. The maximum Gasteiger partial charge on any atom is 0.239 e. The third-order valence-electron chi connectivity index (χ3n) is 5.23. The van der Waals surface area contributed by atoms with E-state index in [1.165, 1.54) is 25.7 Å². The van der Waals surface area contributed by atoms with Crippen LogP contribution in [0, 0.1) is 11.8 Å². The molecule has 2 amide bonds. The van der Waals surface area contributed by atoms with Crippen molar-refractivity contribution < 1.29 is 9.59 Å². The number of carbonyl (C=O) groups excluding carboxylic acids is 2. The Morgan fingerprint density at radius 1 is 1.16 bits per heavy atom. The van der Waals surface area contributed by atoms with Crippen LogP contribution >= 0.6 is 0 Å². The van der Waals surface area contributed by atoms with Gasteiger partial charge in [0.2, 0.25) is 11.8 Å². The summed E-state index contributed by atoms with van der Waals surface area (Å²) < 4.78 is 0. The molecule has 2 aliphatic rings. The van der Waals surface area contributed by atoms with E-state index in [0.29, 0.717) is 31.0 Å². The second kappa shape index (κ2) is 7.89. The van der Waals surface area contributed by atoms with Crippen molar-refractivity contribution in [1.29, 1.82) is 0 Å². The highest BCUT2D eigenvalue weighted by molar-refractivity contribution is 5.81. The first-order valence-electron chi connectivity index (χ1n) is 9.45. The normalized spacial score (nSPS) is 16.6. The molecule has 2 N–H and O–H groups in total. The van der Waals surface area contributed by atoms with Gasteiger partial charge in [0.05, 0.1) is 6.54 Å². The summed E-state index contributed by atoms with van der Waals surface area (Å²) in [5, 5.41) is 6.49. The summed E-state index contributed by atoms with van der Waals surface area (Å²) in [5.41, 5.74) is 1.96. The fraction of sp³-hybridized carbons (Fsp3) is 0.600. The van der Waals surface area contributed by atoms with Crippen molar-refractivity contribution in [2.45, 2.75) is 52.1 Å². The van der Waals surface area contributed by atoms with Crippen molar-refractivity contribution in [2.24, 2.45) is 11.8 Å². The first-order chi connectivity index (χ1) is 12.1. The molecule has 0 aliphatic heterocycles. The van der Waals surface area contributed by atoms with Gasteiger partial charge in [-0.15, -0.1) is 0 Å². The standard InChI is InChI=1S/C20H29N3O2/c1-3-23(14(2)24)13-17-6-4-5-7-18(17)21-12-19(25)22-20(15-8-9-15)16-10-11-16/h4-7,15-16,20-21H,3,8-13H2,1-2H3,(H,22,25). The Morgan fingerprint density at radius 3 is 2.36 bits per heavy atom. The second-order valence-electron chi connectivity index (χ2n) is 7.31. The third kappa shape index (κ3) is 4.97. The number of nitrogens with zero attached hydrogens (tertiary/aromatic N) is 1. The van der Waals surface area contributed by atoms with Crippen LogP contribution in [-0.4, -0.2) is 35.8 Å². The number of carbonyl (C=O) groups is 2. The number of benzene rings is 1. The van der Waals surface area contributed by atoms with Crippen LogP contribution in [0.2, 0.25) is 0 Å². The zero-order chi connectivity index (χ0) is 17.8. The molecule has 136 valence electrons. The van der Waals surface area contributed by atoms with Crippen molar-refractivity contribution in [3.8, 4) is 0 Å². The molecule has 1 aromatic carbocycles. The number of hydrogen-bond donors (Lipinski definition) is 2. The fourth-order valence-corrected chi connectivity index (χ4v) is 3.43. The third-order valence-corrected chi connectivity index (χ3v) is 5.23. The van der Waals surface area contributed by atoms with Crippen molar-refractivity contribution in [1.82, 2.24) is 10.2 Å². The van der Waals surface area contributed by atoms with E-state index in [-0.39, 0.29) is 18.4 Å². The Kier molecular flexibility index (Phi) is 5.61. The van der Waals surface area contributed by atoms with Crippen LogP contribution in [-0.2, 0) is 16.1 Å². The van der Waals surface area contributed by atoms with Gasteiger partial charge in [-0.3, -0.25) is 9.59 Å². The molecule has 0 bridgehead atoms. The van der Waals surface area contributed by atoms with E-state index in [4.69, 9.17) is 0 Å². The van der Waals surface area contributed by atoms with Crippen LogP contribution in [0.3, 0.4) is 0 Å². The average molecular weight is 343 g/mol. The summed E-state index contributed by atoms with van der Waals surface area (Å²) in [5.74, 6) is 1.54. The Morgan fingerprint density at radius 2 is 1.80 bits per heavy atom. The van der Waals surface area contributed by atoms with E-state index in [1.54, 1.807) is 11.8 Å². The molecule has 0 spiro atoms. The summed E-state index contributed by atoms with van der Waals surface area (Å²) in [6.07, 6.45) is 5.04. The van der Waals surface area contributed by atoms with Crippen LogP contribution in [0.25, 0.3) is 0 Å². The van der Waals surface area contributed by atoms with Crippen LogP contribution in [0.4, 0.5) is 5.69 Å². The zero-order valence-corrected chi connectivity index (χ0v) is 15.3. The monoisotopic (exact) mass is 343 g/mol. The van der Waals surface area contributed by atoms with Gasteiger partial charge in [-0.1, -0.05) is 18.2 Å². The molecule has 25 heavy (non-hydrogen) atoms. The Bertz CT molecular complexity index is 611. The van der Waals surface area contributed by atoms with Gasteiger partial charge in [0.25, 0.3) is 0 Å². The van der Waals surface area contributed by atoms with Crippen LogP contribution in [0.1, 0.15) is 45.1 Å². The van der Waals surface area contributed by atoms with Gasteiger partial charge >= 0.3 is 0 Å². The molecule has 1 aromatic rings. The van der Waals surface area contributed by atoms with Gasteiger partial charge in [-0.25, -0.2) is 0 Å². The minimum absolute atomic E-state index is 0.0618. The summed E-state index contributed by atoms with van der Waals surface area (Å²) in [6, 6.07) is 8.27. The summed E-state index contributed by atoms with van der Waals surface area (Å²) in [4.78, 5) is 25.8. The molecule has 0 aromatic heterocycles. The van der Waals surface area contributed by atoms with Gasteiger partial charge in [0.15, 0.2) is 0 Å². The molecule has 3 rings (SSSR count). The number of hydrogen-bond acceptors (Lipinski definition) is 3. The average Bonchev–Trinajstić information content (AvgIpc) is 3.48. The number of rotatable bonds is 9. The largest absolute Gasteiger partial charge is 0.376 e. The molecule has 2 aliphatic carbocycles. The number of para-hydroxylation sites is 1. The number of anilines is 1. The lowest BCUT2D eigenvalue weighted by Gasteiger charge is -2.22. The second-order valence-corrected chi connectivity index (χ2v) is 7.31. The van der Waals surface area contributed by atoms with E-state index in [1.807, 2.05) is 31.2 Å². The highest BCUT2D eigenvalue weighted by atomic mass is 16.2.